The van der Waals surface area contributed by atoms with Crippen LogP contribution in [0, 0.1) is 0 Å². The van der Waals surface area contributed by atoms with Crippen LogP contribution in [0.3, 0.4) is 0 Å². The summed E-state index contributed by atoms with van der Waals surface area (Å²) in [6.07, 6.45) is 7.28. The minimum Gasteiger partial charge on any atom is -0.481 e. The van der Waals surface area contributed by atoms with Gasteiger partial charge in [-0.2, -0.15) is 0 Å². The van der Waals surface area contributed by atoms with E-state index in [0.717, 1.165) is 31.4 Å². The highest BCUT2D eigenvalue weighted by Gasteiger charge is 2.38. The highest BCUT2D eigenvalue weighted by Crippen LogP contribution is 2.36. The fourth-order valence-corrected chi connectivity index (χ4v) is 2.99. The fraction of sp³-hybridized carbons (Fsp3) is 0.643. The summed E-state index contributed by atoms with van der Waals surface area (Å²) in [7, 11) is 2.01. The van der Waals surface area contributed by atoms with Crippen LogP contribution in [0.15, 0.2) is 22.8 Å². The standard InChI is InChI=1S/C14H21NO3/c1-15(11-12-6-5-9-18-12)14(10-13(16)17)7-3-2-4-8-14/h5-6,9H,2-4,7-8,10-11H2,1H3,(H,16,17). The van der Waals surface area contributed by atoms with E-state index in [-0.39, 0.29) is 12.0 Å². The van der Waals surface area contributed by atoms with E-state index in [0.29, 0.717) is 6.54 Å². The molecule has 0 atom stereocenters. The molecule has 4 heteroatoms. The summed E-state index contributed by atoms with van der Waals surface area (Å²) in [5.74, 6) is 0.191. The van der Waals surface area contributed by atoms with Crippen LogP contribution in [0.5, 0.6) is 0 Å². The number of carbonyl (C=O) groups is 1. The Labute approximate surface area is 108 Å². The first kappa shape index (κ1) is 13.1. The van der Waals surface area contributed by atoms with Gasteiger partial charge in [0.1, 0.15) is 5.76 Å². The molecular weight excluding hydrogens is 230 g/mol. The Hall–Kier alpha value is -1.29. The molecule has 1 saturated carbocycles. The predicted molar refractivity (Wildman–Crippen MR) is 68.2 cm³/mol. The molecule has 2 rings (SSSR count). The minimum absolute atomic E-state index is 0.198. The molecule has 1 N–H and O–H groups in total. The maximum Gasteiger partial charge on any atom is 0.305 e. The number of hydrogen-bond donors (Lipinski definition) is 1. The Morgan fingerprint density at radius 1 is 1.44 bits per heavy atom. The van der Waals surface area contributed by atoms with Crippen molar-refractivity contribution in [2.75, 3.05) is 7.05 Å². The molecule has 4 nitrogen and oxygen atoms in total. The SMILES string of the molecule is CN(Cc1ccco1)C1(CC(=O)O)CCCCC1. The Morgan fingerprint density at radius 2 is 2.17 bits per heavy atom. The number of aliphatic carboxylic acids is 1. The first-order valence-corrected chi connectivity index (χ1v) is 6.58. The van der Waals surface area contributed by atoms with Crippen LogP contribution in [-0.2, 0) is 11.3 Å². The number of nitrogens with zero attached hydrogens (tertiary/aromatic N) is 1. The summed E-state index contributed by atoms with van der Waals surface area (Å²) in [6.45, 7) is 0.681. The molecule has 1 aromatic rings. The van der Waals surface area contributed by atoms with E-state index < -0.39 is 5.97 Å². The van der Waals surface area contributed by atoms with Gasteiger partial charge in [0.25, 0.3) is 0 Å². The molecular formula is C14H21NO3. The number of furan rings is 1. The first-order chi connectivity index (χ1) is 8.62. The van der Waals surface area contributed by atoms with Crippen molar-refractivity contribution >= 4 is 5.97 Å². The Kier molecular flexibility index (Phi) is 4.07. The van der Waals surface area contributed by atoms with E-state index in [4.69, 9.17) is 9.52 Å². The predicted octanol–water partition coefficient (Wildman–Crippen LogP) is 2.89. The molecule has 0 aliphatic heterocycles. The summed E-state index contributed by atoms with van der Waals surface area (Å²) in [6, 6.07) is 3.81. The van der Waals surface area contributed by atoms with E-state index in [1.54, 1.807) is 6.26 Å². The summed E-state index contributed by atoms with van der Waals surface area (Å²) < 4.78 is 5.36. The van der Waals surface area contributed by atoms with Gasteiger partial charge in [-0.3, -0.25) is 9.69 Å². The van der Waals surface area contributed by atoms with Crippen molar-refractivity contribution in [2.24, 2.45) is 0 Å². The third-order valence-electron chi connectivity index (χ3n) is 4.05. The zero-order chi connectivity index (χ0) is 13.0. The molecule has 0 saturated heterocycles. The second-order valence-electron chi connectivity index (χ2n) is 5.29. The zero-order valence-corrected chi connectivity index (χ0v) is 10.9. The Morgan fingerprint density at radius 3 is 2.72 bits per heavy atom. The van der Waals surface area contributed by atoms with Crippen molar-refractivity contribution in [3.8, 4) is 0 Å². The number of rotatable bonds is 5. The number of carboxylic acids is 1. The van der Waals surface area contributed by atoms with Crippen LogP contribution >= 0.6 is 0 Å². The van der Waals surface area contributed by atoms with Crippen LogP contribution < -0.4 is 0 Å². The van der Waals surface area contributed by atoms with Gasteiger partial charge >= 0.3 is 5.97 Å². The third kappa shape index (κ3) is 2.93. The molecule has 0 bridgehead atoms. The number of carboxylic acid groups (broad SMARTS) is 1. The second-order valence-corrected chi connectivity index (χ2v) is 5.29. The van der Waals surface area contributed by atoms with Gasteiger partial charge < -0.3 is 9.52 Å². The van der Waals surface area contributed by atoms with Gasteiger partial charge in [0, 0.05) is 5.54 Å². The maximum atomic E-state index is 11.1. The van der Waals surface area contributed by atoms with Gasteiger partial charge in [-0.1, -0.05) is 19.3 Å². The van der Waals surface area contributed by atoms with Gasteiger partial charge in [0.05, 0.1) is 19.2 Å². The molecule has 100 valence electrons. The summed E-state index contributed by atoms with van der Waals surface area (Å²) in [5.41, 5.74) is -0.198. The molecule has 0 amide bonds. The molecule has 1 aliphatic carbocycles. The second kappa shape index (κ2) is 5.57. The lowest BCUT2D eigenvalue weighted by Gasteiger charge is -2.43. The van der Waals surface area contributed by atoms with Gasteiger partial charge in [-0.25, -0.2) is 0 Å². The molecule has 1 heterocycles. The summed E-state index contributed by atoms with van der Waals surface area (Å²) >= 11 is 0. The van der Waals surface area contributed by atoms with Crippen molar-refractivity contribution in [1.29, 1.82) is 0 Å². The van der Waals surface area contributed by atoms with E-state index in [1.165, 1.54) is 6.42 Å². The van der Waals surface area contributed by atoms with Crippen LogP contribution in [0.4, 0.5) is 0 Å². The van der Waals surface area contributed by atoms with Crippen molar-refractivity contribution in [3.05, 3.63) is 24.2 Å². The van der Waals surface area contributed by atoms with Crippen molar-refractivity contribution in [1.82, 2.24) is 4.90 Å². The summed E-state index contributed by atoms with van der Waals surface area (Å²) in [4.78, 5) is 13.3. The van der Waals surface area contributed by atoms with Gasteiger partial charge in [-0.15, -0.1) is 0 Å². The molecule has 1 aliphatic rings. The lowest BCUT2D eigenvalue weighted by Crippen LogP contribution is -2.48. The lowest BCUT2D eigenvalue weighted by molar-refractivity contribution is -0.141. The average Bonchev–Trinajstić information content (AvgIpc) is 2.82. The molecule has 0 spiro atoms. The van der Waals surface area contributed by atoms with Crippen LogP contribution in [0.25, 0.3) is 0 Å². The lowest BCUT2D eigenvalue weighted by atomic mass is 9.78. The van der Waals surface area contributed by atoms with Crippen LogP contribution in [0.1, 0.15) is 44.3 Å². The first-order valence-electron chi connectivity index (χ1n) is 6.58. The third-order valence-corrected chi connectivity index (χ3v) is 4.05. The zero-order valence-electron chi connectivity index (χ0n) is 10.9. The molecule has 0 aromatic carbocycles. The van der Waals surface area contributed by atoms with Crippen LogP contribution in [0.2, 0.25) is 0 Å². The van der Waals surface area contributed by atoms with Crippen molar-refractivity contribution in [2.45, 2.75) is 50.6 Å². The number of hydrogen-bond acceptors (Lipinski definition) is 3. The normalized spacial score (nSPS) is 19.0. The van der Waals surface area contributed by atoms with Gasteiger partial charge in [0.2, 0.25) is 0 Å². The highest BCUT2D eigenvalue weighted by molar-refractivity contribution is 5.68. The molecule has 0 unspecified atom stereocenters. The maximum absolute atomic E-state index is 11.1. The monoisotopic (exact) mass is 251 g/mol. The Balaban J connectivity index is 2.09. The molecule has 18 heavy (non-hydrogen) atoms. The topological polar surface area (TPSA) is 53.7 Å². The fourth-order valence-electron chi connectivity index (χ4n) is 2.99. The van der Waals surface area contributed by atoms with Gasteiger partial charge in [-0.05, 0) is 32.0 Å². The highest BCUT2D eigenvalue weighted by atomic mass is 16.4. The Bertz CT molecular complexity index is 380. The summed E-state index contributed by atoms with van der Waals surface area (Å²) in [5, 5.41) is 9.16. The molecule has 1 aromatic heterocycles. The van der Waals surface area contributed by atoms with E-state index in [2.05, 4.69) is 4.90 Å². The average molecular weight is 251 g/mol. The largest absolute Gasteiger partial charge is 0.481 e. The smallest absolute Gasteiger partial charge is 0.305 e. The quantitative estimate of drug-likeness (QED) is 0.874. The molecule has 0 radical (unpaired) electrons. The van der Waals surface area contributed by atoms with E-state index >= 15 is 0 Å². The minimum atomic E-state index is -0.705. The van der Waals surface area contributed by atoms with Crippen molar-refractivity contribution < 1.29 is 14.3 Å². The van der Waals surface area contributed by atoms with Crippen LogP contribution in [-0.4, -0.2) is 28.6 Å². The van der Waals surface area contributed by atoms with E-state index in [1.807, 2.05) is 19.2 Å². The van der Waals surface area contributed by atoms with E-state index in [9.17, 15) is 4.79 Å². The van der Waals surface area contributed by atoms with Gasteiger partial charge in [0.15, 0.2) is 0 Å². The van der Waals surface area contributed by atoms with Crippen molar-refractivity contribution in [3.63, 3.8) is 0 Å². The molecule has 1 fully saturated rings.